The first-order valence-electron chi connectivity index (χ1n) is 4.69. The van der Waals surface area contributed by atoms with E-state index in [2.05, 4.69) is 6.07 Å². The summed E-state index contributed by atoms with van der Waals surface area (Å²) in [7, 11) is 0. The first-order chi connectivity index (χ1) is 7.75. The third kappa shape index (κ3) is 2.61. The molecule has 0 fully saturated rings. The van der Waals surface area contributed by atoms with Crippen LogP contribution in [0.4, 0.5) is 0 Å². The van der Waals surface area contributed by atoms with Crippen LogP contribution in [-0.2, 0) is 0 Å². The van der Waals surface area contributed by atoms with Gasteiger partial charge in [-0.2, -0.15) is 0 Å². The molecule has 0 atom stereocenters. The van der Waals surface area contributed by atoms with Crippen LogP contribution in [0, 0.1) is 6.07 Å². The molecule has 3 heteroatoms. The quantitative estimate of drug-likeness (QED) is 0.585. The molecule has 2 rings (SSSR count). The second-order valence-electron chi connectivity index (χ2n) is 3.14. The summed E-state index contributed by atoms with van der Waals surface area (Å²) < 4.78 is 5.14. The maximum absolute atomic E-state index is 11.7. The Morgan fingerprint density at radius 2 is 1.94 bits per heavy atom. The van der Waals surface area contributed by atoms with Gasteiger partial charge < -0.3 is 4.74 Å². The summed E-state index contributed by atoms with van der Waals surface area (Å²) in [4.78, 5) is 11.7. The van der Waals surface area contributed by atoms with Crippen LogP contribution in [0.5, 0.6) is 5.75 Å². The molecular formula is C13H8ClO2. The highest BCUT2D eigenvalue weighted by molar-refractivity contribution is 6.30. The summed E-state index contributed by atoms with van der Waals surface area (Å²) in [6.45, 7) is 0. The number of benzene rings is 2. The van der Waals surface area contributed by atoms with Gasteiger partial charge in [0.1, 0.15) is 5.75 Å². The molecule has 0 saturated heterocycles. The van der Waals surface area contributed by atoms with Crippen molar-refractivity contribution in [2.75, 3.05) is 0 Å². The summed E-state index contributed by atoms with van der Waals surface area (Å²) >= 11 is 5.78. The maximum Gasteiger partial charge on any atom is 0.343 e. The summed E-state index contributed by atoms with van der Waals surface area (Å²) in [5, 5.41) is 0.510. The van der Waals surface area contributed by atoms with Gasteiger partial charge in [-0.3, -0.25) is 0 Å². The lowest BCUT2D eigenvalue weighted by atomic mass is 10.2. The molecule has 2 nitrogen and oxygen atoms in total. The largest absolute Gasteiger partial charge is 0.423 e. The molecule has 1 radical (unpaired) electrons. The third-order valence-electron chi connectivity index (χ3n) is 1.96. The van der Waals surface area contributed by atoms with E-state index in [-0.39, 0.29) is 0 Å². The Kier molecular flexibility index (Phi) is 3.22. The van der Waals surface area contributed by atoms with E-state index in [9.17, 15) is 4.79 Å². The molecule has 16 heavy (non-hydrogen) atoms. The Morgan fingerprint density at radius 1 is 1.19 bits per heavy atom. The minimum absolute atomic E-state index is 0.423. The van der Waals surface area contributed by atoms with E-state index in [1.54, 1.807) is 48.5 Å². The molecule has 0 unspecified atom stereocenters. The van der Waals surface area contributed by atoms with Gasteiger partial charge in [0.05, 0.1) is 5.56 Å². The van der Waals surface area contributed by atoms with Gasteiger partial charge in [-0.05, 0) is 36.4 Å². The zero-order valence-corrected chi connectivity index (χ0v) is 9.07. The number of carbonyl (C=O) groups is 1. The predicted molar refractivity (Wildman–Crippen MR) is 61.7 cm³/mol. The summed E-state index contributed by atoms with van der Waals surface area (Å²) in [5.74, 6) is 0.0671. The van der Waals surface area contributed by atoms with Crippen LogP contribution >= 0.6 is 11.6 Å². The zero-order valence-electron chi connectivity index (χ0n) is 8.31. The van der Waals surface area contributed by atoms with Crippen LogP contribution in [0.1, 0.15) is 10.4 Å². The van der Waals surface area contributed by atoms with Gasteiger partial charge >= 0.3 is 5.97 Å². The summed E-state index contributed by atoms with van der Waals surface area (Å²) in [6, 6.07) is 16.2. The SMILES string of the molecule is O=C(Oc1cc[c]cc1)c1cccc(Cl)c1. The molecule has 0 saturated carbocycles. The molecule has 0 aromatic heterocycles. The Labute approximate surface area is 98.4 Å². The van der Waals surface area contributed by atoms with Crippen LogP contribution in [0.2, 0.25) is 5.02 Å². The van der Waals surface area contributed by atoms with Gasteiger partial charge in [0.2, 0.25) is 0 Å². The average Bonchev–Trinajstić information content (AvgIpc) is 2.30. The van der Waals surface area contributed by atoms with Crippen molar-refractivity contribution in [1.82, 2.24) is 0 Å². The molecule has 0 aliphatic heterocycles. The maximum atomic E-state index is 11.7. The van der Waals surface area contributed by atoms with Crippen molar-refractivity contribution < 1.29 is 9.53 Å². The highest BCUT2D eigenvalue weighted by atomic mass is 35.5. The second kappa shape index (κ2) is 4.81. The van der Waals surface area contributed by atoms with E-state index in [0.717, 1.165) is 0 Å². The summed E-state index contributed by atoms with van der Waals surface area (Å²) in [6.07, 6.45) is 0. The van der Waals surface area contributed by atoms with Crippen LogP contribution < -0.4 is 4.74 Å². The number of rotatable bonds is 2. The second-order valence-corrected chi connectivity index (χ2v) is 3.57. The van der Waals surface area contributed by atoms with Gasteiger partial charge in [-0.15, -0.1) is 0 Å². The van der Waals surface area contributed by atoms with Crippen molar-refractivity contribution in [1.29, 1.82) is 0 Å². The number of hydrogen-bond acceptors (Lipinski definition) is 2. The fourth-order valence-corrected chi connectivity index (χ4v) is 1.41. The number of hydrogen-bond donors (Lipinski definition) is 0. The van der Waals surface area contributed by atoms with Gasteiger partial charge in [-0.1, -0.05) is 29.8 Å². The molecule has 2 aromatic carbocycles. The lowest BCUT2D eigenvalue weighted by molar-refractivity contribution is 0.0735. The number of carbonyl (C=O) groups excluding carboxylic acids is 1. The molecule has 0 heterocycles. The first kappa shape index (κ1) is 10.7. The van der Waals surface area contributed by atoms with E-state index < -0.39 is 5.97 Å². The molecule has 0 aliphatic rings. The van der Waals surface area contributed by atoms with E-state index in [0.29, 0.717) is 16.3 Å². The molecule has 0 bridgehead atoms. The van der Waals surface area contributed by atoms with Crippen LogP contribution in [0.3, 0.4) is 0 Å². The van der Waals surface area contributed by atoms with Gasteiger partial charge in [0.15, 0.2) is 0 Å². The highest BCUT2D eigenvalue weighted by Crippen LogP contribution is 2.14. The van der Waals surface area contributed by atoms with Crippen molar-refractivity contribution in [2.45, 2.75) is 0 Å². The van der Waals surface area contributed by atoms with Crippen LogP contribution in [-0.4, -0.2) is 5.97 Å². The molecular weight excluding hydrogens is 224 g/mol. The Hall–Kier alpha value is -1.80. The summed E-state index contributed by atoms with van der Waals surface area (Å²) in [5.41, 5.74) is 0.431. The van der Waals surface area contributed by atoms with Crippen molar-refractivity contribution in [2.24, 2.45) is 0 Å². The highest BCUT2D eigenvalue weighted by Gasteiger charge is 2.08. The molecule has 79 valence electrons. The molecule has 0 spiro atoms. The number of esters is 1. The van der Waals surface area contributed by atoms with Crippen molar-refractivity contribution in [3.05, 3.63) is 65.2 Å². The fraction of sp³-hybridized carbons (Fsp3) is 0. The lowest BCUT2D eigenvalue weighted by Gasteiger charge is -2.03. The Balaban J connectivity index is 2.15. The first-order valence-corrected chi connectivity index (χ1v) is 5.07. The van der Waals surface area contributed by atoms with Gasteiger partial charge in [-0.25, -0.2) is 4.79 Å². The minimum Gasteiger partial charge on any atom is -0.423 e. The average molecular weight is 232 g/mol. The predicted octanol–water partition coefficient (Wildman–Crippen LogP) is 3.36. The van der Waals surface area contributed by atoms with E-state index in [4.69, 9.17) is 16.3 Å². The minimum atomic E-state index is -0.423. The van der Waals surface area contributed by atoms with Crippen molar-refractivity contribution in [3.8, 4) is 5.75 Å². The van der Waals surface area contributed by atoms with E-state index in [1.165, 1.54) is 0 Å². The van der Waals surface area contributed by atoms with E-state index >= 15 is 0 Å². The topological polar surface area (TPSA) is 26.3 Å². The fourth-order valence-electron chi connectivity index (χ4n) is 1.22. The molecule has 0 amide bonds. The Morgan fingerprint density at radius 3 is 2.62 bits per heavy atom. The molecule has 0 aliphatic carbocycles. The molecule has 2 aromatic rings. The van der Waals surface area contributed by atoms with Crippen LogP contribution in [0.25, 0.3) is 0 Å². The standard InChI is InChI=1S/C13H8ClO2/c14-11-6-4-5-10(9-11)13(15)16-12-7-2-1-3-8-12/h2-9H. The van der Waals surface area contributed by atoms with Gasteiger partial charge in [0, 0.05) is 5.02 Å². The van der Waals surface area contributed by atoms with Crippen molar-refractivity contribution >= 4 is 17.6 Å². The smallest absolute Gasteiger partial charge is 0.343 e. The monoisotopic (exact) mass is 231 g/mol. The Bertz CT molecular complexity index is 494. The normalized spacial score (nSPS) is 9.81. The van der Waals surface area contributed by atoms with Crippen molar-refractivity contribution in [3.63, 3.8) is 0 Å². The van der Waals surface area contributed by atoms with Crippen LogP contribution in [0.15, 0.2) is 48.5 Å². The molecule has 0 N–H and O–H groups in total. The van der Waals surface area contributed by atoms with Gasteiger partial charge in [0.25, 0.3) is 0 Å². The lowest BCUT2D eigenvalue weighted by Crippen LogP contribution is -2.08. The number of halogens is 1. The number of ether oxygens (including phenoxy) is 1. The third-order valence-corrected chi connectivity index (χ3v) is 2.19. The zero-order chi connectivity index (χ0) is 11.4. The van der Waals surface area contributed by atoms with E-state index in [1.807, 2.05) is 0 Å².